The molecule has 1 aromatic carbocycles. The number of allylic oxidation sites excluding steroid dienone is 2. The van der Waals surface area contributed by atoms with Gasteiger partial charge in [-0.15, -0.1) is 0 Å². The van der Waals surface area contributed by atoms with Gasteiger partial charge in [0, 0.05) is 32.3 Å². The van der Waals surface area contributed by atoms with Crippen molar-refractivity contribution in [1.29, 1.82) is 5.26 Å². The van der Waals surface area contributed by atoms with Gasteiger partial charge in [-0.3, -0.25) is 4.79 Å². The highest BCUT2D eigenvalue weighted by molar-refractivity contribution is 6.14. The van der Waals surface area contributed by atoms with E-state index in [2.05, 4.69) is 0 Å². The van der Waals surface area contributed by atoms with Crippen LogP contribution in [0.25, 0.3) is 6.08 Å². The summed E-state index contributed by atoms with van der Waals surface area (Å²) in [5.41, 5.74) is 2.87. The minimum Gasteiger partial charge on any atom is -0.491 e. The van der Waals surface area contributed by atoms with Crippen LogP contribution in [-0.4, -0.2) is 30.9 Å². The molecule has 0 saturated heterocycles. The summed E-state index contributed by atoms with van der Waals surface area (Å²) in [6.07, 6.45) is 4.06. The Labute approximate surface area is 131 Å². The maximum absolute atomic E-state index is 12.4. The monoisotopic (exact) mass is 296 g/mol. The van der Waals surface area contributed by atoms with E-state index in [1.54, 1.807) is 25.2 Å². The molecular weight excluding hydrogens is 276 g/mol. The van der Waals surface area contributed by atoms with Gasteiger partial charge in [-0.2, -0.15) is 5.26 Å². The molecule has 22 heavy (non-hydrogen) atoms. The number of fused-ring (bicyclic) bond motifs is 1. The molecule has 0 amide bonds. The molecule has 1 aliphatic carbocycles. The standard InChI is InChI=1S/C18H20N2O2/c1-12(2)22-17-6-5-13-7-15(8-14(13)9-17)18(21)16(10-19)11-20(3)4/h5-7,9,11-12H,8H2,1-4H3. The predicted molar refractivity (Wildman–Crippen MR) is 86.3 cm³/mol. The first-order valence-corrected chi connectivity index (χ1v) is 7.24. The zero-order valence-corrected chi connectivity index (χ0v) is 13.4. The van der Waals surface area contributed by atoms with Crippen molar-refractivity contribution < 1.29 is 9.53 Å². The quantitative estimate of drug-likeness (QED) is 0.619. The molecule has 114 valence electrons. The van der Waals surface area contributed by atoms with Crippen molar-refractivity contribution in [2.75, 3.05) is 14.1 Å². The van der Waals surface area contributed by atoms with Crippen molar-refractivity contribution >= 4 is 11.9 Å². The van der Waals surface area contributed by atoms with E-state index < -0.39 is 0 Å². The fourth-order valence-electron chi connectivity index (χ4n) is 2.38. The Balaban J connectivity index is 2.21. The third kappa shape index (κ3) is 3.56. The number of ketones is 1. The van der Waals surface area contributed by atoms with E-state index in [9.17, 15) is 4.79 Å². The SMILES string of the molecule is CC(C)Oc1ccc2c(c1)CC(C(=O)C(C#N)=CN(C)C)=C2. The third-order valence-electron chi connectivity index (χ3n) is 3.24. The molecule has 0 radical (unpaired) electrons. The number of nitrogens with zero attached hydrogens (tertiary/aromatic N) is 2. The van der Waals surface area contributed by atoms with E-state index in [1.807, 2.05) is 44.2 Å². The van der Waals surface area contributed by atoms with Gasteiger partial charge < -0.3 is 9.64 Å². The normalized spacial score (nSPS) is 13.5. The number of benzene rings is 1. The molecule has 0 fully saturated rings. The van der Waals surface area contributed by atoms with Gasteiger partial charge in [0.15, 0.2) is 0 Å². The molecule has 0 atom stereocenters. The van der Waals surface area contributed by atoms with Crippen molar-refractivity contribution in [2.45, 2.75) is 26.4 Å². The van der Waals surface area contributed by atoms with Crippen LogP contribution in [0.15, 0.2) is 35.5 Å². The second kappa shape index (κ2) is 6.48. The Morgan fingerprint density at radius 3 is 2.73 bits per heavy atom. The lowest BCUT2D eigenvalue weighted by Gasteiger charge is -2.10. The summed E-state index contributed by atoms with van der Waals surface area (Å²) in [5.74, 6) is 0.596. The van der Waals surface area contributed by atoms with Gasteiger partial charge >= 0.3 is 0 Å². The largest absolute Gasteiger partial charge is 0.491 e. The van der Waals surface area contributed by atoms with Crippen LogP contribution < -0.4 is 4.74 Å². The minimum absolute atomic E-state index is 0.113. The Hall–Kier alpha value is -2.54. The summed E-state index contributed by atoms with van der Waals surface area (Å²) in [6.45, 7) is 3.96. The van der Waals surface area contributed by atoms with E-state index in [0.29, 0.717) is 12.0 Å². The van der Waals surface area contributed by atoms with Gasteiger partial charge in [0.25, 0.3) is 0 Å². The number of hydrogen-bond acceptors (Lipinski definition) is 4. The van der Waals surface area contributed by atoms with Crippen molar-refractivity contribution in [3.63, 3.8) is 0 Å². The molecule has 0 spiro atoms. The predicted octanol–water partition coefficient (Wildman–Crippen LogP) is 2.95. The van der Waals surface area contributed by atoms with Gasteiger partial charge in [-0.25, -0.2) is 0 Å². The fraction of sp³-hybridized carbons (Fsp3) is 0.333. The van der Waals surface area contributed by atoms with Crippen molar-refractivity contribution in [3.8, 4) is 11.8 Å². The van der Waals surface area contributed by atoms with Gasteiger partial charge in [0.1, 0.15) is 17.4 Å². The first-order chi connectivity index (χ1) is 10.4. The summed E-state index contributed by atoms with van der Waals surface area (Å²) in [5, 5.41) is 9.15. The van der Waals surface area contributed by atoms with Gasteiger partial charge in [-0.05, 0) is 43.2 Å². The Bertz CT molecular complexity index is 692. The lowest BCUT2D eigenvalue weighted by atomic mass is 10.0. The number of rotatable bonds is 5. The van der Waals surface area contributed by atoms with Crippen LogP contribution >= 0.6 is 0 Å². The molecule has 4 heteroatoms. The molecule has 0 saturated carbocycles. The minimum atomic E-state index is -0.210. The van der Waals surface area contributed by atoms with Crippen LogP contribution in [-0.2, 0) is 11.2 Å². The van der Waals surface area contributed by atoms with Crippen molar-refractivity contribution in [1.82, 2.24) is 4.90 Å². The molecule has 1 aromatic rings. The van der Waals surface area contributed by atoms with Gasteiger partial charge in [0.05, 0.1) is 6.10 Å². The second-order valence-electron chi connectivity index (χ2n) is 5.82. The van der Waals surface area contributed by atoms with Crippen LogP contribution in [0.2, 0.25) is 0 Å². The molecule has 0 N–H and O–H groups in total. The third-order valence-corrected chi connectivity index (χ3v) is 3.24. The number of hydrogen-bond donors (Lipinski definition) is 0. The summed E-state index contributed by atoms with van der Waals surface area (Å²) in [7, 11) is 3.58. The summed E-state index contributed by atoms with van der Waals surface area (Å²) >= 11 is 0. The number of ether oxygens (including phenoxy) is 1. The number of Topliss-reactive ketones (excluding diaryl/α,β-unsaturated/α-hetero) is 1. The summed E-state index contributed by atoms with van der Waals surface area (Å²) < 4.78 is 5.68. The van der Waals surface area contributed by atoms with Crippen LogP contribution in [0, 0.1) is 11.3 Å². The second-order valence-corrected chi connectivity index (χ2v) is 5.82. The van der Waals surface area contributed by atoms with Gasteiger partial charge in [-0.1, -0.05) is 6.07 Å². The summed E-state index contributed by atoms with van der Waals surface area (Å²) in [4.78, 5) is 14.1. The molecule has 0 heterocycles. The highest BCUT2D eigenvalue weighted by Crippen LogP contribution is 2.30. The zero-order chi connectivity index (χ0) is 16.3. The zero-order valence-electron chi connectivity index (χ0n) is 13.4. The highest BCUT2D eigenvalue weighted by atomic mass is 16.5. The van der Waals surface area contributed by atoms with Crippen LogP contribution in [0.1, 0.15) is 25.0 Å². The molecule has 0 aromatic heterocycles. The van der Waals surface area contributed by atoms with E-state index >= 15 is 0 Å². The maximum atomic E-state index is 12.4. The molecule has 1 aliphatic rings. The highest BCUT2D eigenvalue weighted by Gasteiger charge is 2.22. The van der Waals surface area contributed by atoms with E-state index in [4.69, 9.17) is 10.00 Å². The molecule has 0 aliphatic heterocycles. The van der Waals surface area contributed by atoms with Crippen molar-refractivity contribution in [3.05, 3.63) is 46.7 Å². The molecule has 4 nitrogen and oxygen atoms in total. The Kier molecular flexibility index (Phi) is 4.67. The Morgan fingerprint density at radius 1 is 1.41 bits per heavy atom. The number of nitriles is 1. The Morgan fingerprint density at radius 2 is 2.14 bits per heavy atom. The average molecular weight is 296 g/mol. The first kappa shape index (κ1) is 15.8. The fourth-order valence-corrected chi connectivity index (χ4v) is 2.38. The lowest BCUT2D eigenvalue weighted by Crippen LogP contribution is -2.10. The lowest BCUT2D eigenvalue weighted by molar-refractivity contribution is -0.111. The van der Waals surface area contributed by atoms with Crippen molar-refractivity contribution in [2.24, 2.45) is 0 Å². The van der Waals surface area contributed by atoms with Crippen LogP contribution in [0.4, 0.5) is 0 Å². The number of carbonyl (C=O) groups excluding carboxylic acids is 1. The number of carbonyl (C=O) groups is 1. The van der Waals surface area contributed by atoms with Crippen LogP contribution in [0.5, 0.6) is 5.75 Å². The van der Waals surface area contributed by atoms with E-state index in [0.717, 1.165) is 16.9 Å². The van der Waals surface area contributed by atoms with Gasteiger partial charge in [0.2, 0.25) is 5.78 Å². The maximum Gasteiger partial charge on any atom is 0.201 e. The smallest absolute Gasteiger partial charge is 0.201 e. The summed E-state index contributed by atoms with van der Waals surface area (Å²) in [6, 6.07) is 7.80. The molecule has 0 unspecified atom stereocenters. The average Bonchev–Trinajstić information content (AvgIpc) is 2.86. The topological polar surface area (TPSA) is 53.3 Å². The van der Waals surface area contributed by atoms with E-state index in [1.165, 1.54) is 0 Å². The first-order valence-electron chi connectivity index (χ1n) is 7.24. The molecule has 2 rings (SSSR count). The molecular formula is C18H20N2O2. The van der Waals surface area contributed by atoms with Crippen LogP contribution in [0.3, 0.4) is 0 Å². The molecule has 0 bridgehead atoms. The van der Waals surface area contributed by atoms with E-state index in [-0.39, 0.29) is 17.5 Å².